The molecule has 0 bridgehead atoms. The Morgan fingerprint density at radius 3 is 2.62 bits per heavy atom. The van der Waals surface area contributed by atoms with E-state index in [9.17, 15) is 18.3 Å². The van der Waals surface area contributed by atoms with Crippen molar-refractivity contribution >= 4 is 37.5 Å². The average molecular weight is 443 g/mol. The highest BCUT2D eigenvalue weighted by molar-refractivity contribution is 9.10. The second-order valence-corrected chi connectivity index (χ2v) is 11.5. The Morgan fingerprint density at radius 2 is 2.00 bits per heavy atom. The standard InChI is InChI=1S/C18H23BrN2O4S/c1-18(2,3)15-9-26(24,25)14-7-10(19)6-11-12-8-20(17(22)23)5-4-13(12)21(15)16(11)14/h6-7,12-13,15H,4-5,8-9H2,1-3H3,(H,22,23)/t12-,13-,15?/m0/s1. The van der Waals surface area contributed by atoms with Gasteiger partial charge < -0.3 is 14.9 Å². The van der Waals surface area contributed by atoms with Gasteiger partial charge in [0.2, 0.25) is 0 Å². The molecule has 8 heteroatoms. The number of hydrogen-bond donors (Lipinski definition) is 1. The Bertz CT molecular complexity index is 893. The Morgan fingerprint density at radius 1 is 1.31 bits per heavy atom. The highest BCUT2D eigenvalue weighted by Gasteiger charge is 2.53. The first kappa shape index (κ1) is 18.1. The van der Waals surface area contributed by atoms with E-state index in [1.54, 1.807) is 6.07 Å². The summed E-state index contributed by atoms with van der Waals surface area (Å²) in [7, 11) is -3.39. The summed E-state index contributed by atoms with van der Waals surface area (Å²) in [6.45, 7) is 7.14. The topological polar surface area (TPSA) is 77.9 Å². The molecule has 1 fully saturated rings. The number of carboxylic acid groups (broad SMARTS) is 1. The Hall–Kier alpha value is -1.28. The van der Waals surface area contributed by atoms with Crippen LogP contribution in [0.25, 0.3) is 0 Å². The van der Waals surface area contributed by atoms with Crippen LogP contribution in [0, 0.1) is 5.41 Å². The van der Waals surface area contributed by atoms with E-state index in [0.29, 0.717) is 18.0 Å². The molecule has 4 rings (SSSR count). The summed E-state index contributed by atoms with van der Waals surface area (Å²) in [4.78, 5) is 15.6. The molecule has 0 aliphatic carbocycles. The van der Waals surface area contributed by atoms with Gasteiger partial charge in [-0.25, -0.2) is 13.2 Å². The molecule has 1 unspecified atom stereocenters. The van der Waals surface area contributed by atoms with E-state index in [2.05, 4.69) is 41.6 Å². The van der Waals surface area contributed by atoms with Crippen molar-refractivity contribution in [2.45, 2.75) is 50.1 Å². The van der Waals surface area contributed by atoms with Gasteiger partial charge in [-0.1, -0.05) is 36.7 Å². The summed E-state index contributed by atoms with van der Waals surface area (Å²) >= 11 is 3.45. The number of hydrogen-bond acceptors (Lipinski definition) is 4. The summed E-state index contributed by atoms with van der Waals surface area (Å²) in [5.41, 5.74) is 1.57. The molecule has 1 aromatic rings. The molecule has 26 heavy (non-hydrogen) atoms. The molecule has 0 saturated carbocycles. The van der Waals surface area contributed by atoms with Crippen LogP contribution in [0.4, 0.5) is 10.5 Å². The number of sulfone groups is 1. The Labute approximate surface area is 162 Å². The van der Waals surface area contributed by atoms with Gasteiger partial charge in [-0.15, -0.1) is 0 Å². The quantitative estimate of drug-likeness (QED) is 0.666. The lowest BCUT2D eigenvalue weighted by atomic mass is 9.84. The number of carbonyl (C=O) groups is 1. The number of amides is 1. The van der Waals surface area contributed by atoms with Crippen molar-refractivity contribution in [3.8, 4) is 0 Å². The van der Waals surface area contributed by atoms with Crippen LogP contribution < -0.4 is 4.90 Å². The van der Waals surface area contributed by atoms with E-state index in [4.69, 9.17) is 0 Å². The van der Waals surface area contributed by atoms with Crippen molar-refractivity contribution in [2.75, 3.05) is 23.7 Å². The Kier molecular flexibility index (Phi) is 3.91. The van der Waals surface area contributed by atoms with Gasteiger partial charge >= 0.3 is 6.09 Å². The van der Waals surface area contributed by atoms with Crippen LogP contribution in [0.5, 0.6) is 0 Å². The van der Waals surface area contributed by atoms with Crippen molar-refractivity contribution in [3.63, 3.8) is 0 Å². The molecule has 1 aromatic carbocycles. The SMILES string of the molecule is CC(C)(C)C1CS(=O)(=O)c2cc(Br)cc3c2N1[C@H]1CCN(C(=O)O)C[C@@H]31. The fourth-order valence-electron chi connectivity index (χ4n) is 4.74. The molecule has 3 heterocycles. The molecule has 6 nitrogen and oxygen atoms in total. The number of likely N-dealkylation sites (tertiary alicyclic amines) is 1. The van der Waals surface area contributed by atoms with Gasteiger partial charge in [-0.3, -0.25) is 0 Å². The number of anilines is 1. The van der Waals surface area contributed by atoms with Gasteiger partial charge in [0, 0.05) is 35.6 Å². The van der Waals surface area contributed by atoms with Crippen LogP contribution in [0.3, 0.4) is 0 Å². The number of nitrogens with zero attached hydrogens (tertiary/aromatic N) is 2. The molecular formula is C18H23BrN2O4S. The summed E-state index contributed by atoms with van der Waals surface area (Å²) < 4.78 is 26.8. The zero-order valence-corrected chi connectivity index (χ0v) is 17.5. The van der Waals surface area contributed by atoms with Crippen molar-refractivity contribution < 1.29 is 18.3 Å². The van der Waals surface area contributed by atoms with Gasteiger partial charge in [-0.2, -0.15) is 0 Å². The monoisotopic (exact) mass is 442 g/mol. The van der Waals surface area contributed by atoms with Gasteiger partial charge in [0.05, 0.1) is 16.3 Å². The summed E-state index contributed by atoms with van der Waals surface area (Å²) in [6, 6.07) is 3.70. The van der Waals surface area contributed by atoms with E-state index < -0.39 is 15.9 Å². The van der Waals surface area contributed by atoms with Crippen LogP contribution in [0.1, 0.15) is 38.7 Å². The summed E-state index contributed by atoms with van der Waals surface area (Å²) in [6.07, 6.45) is -0.191. The molecule has 3 aliphatic heterocycles. The lowest BCUT2D eigenvalue weighted by Crippen LogP contribution is -2.57. The number of benzene rings is 1. The first-order chi connectivity index (χ1) is 12.0. The lowest BCUT2D eigenvalue weighted by molar-refractivity contribution is 0.124. The first-order valence-electron chi connectivity index (χ1n) is 8.83. The van der Waals surface area contributed by atoms with E-state index in [1.807, 2.05) is 6.07 Å². The largest absolute Gasteiger partial charge is 0.465 e. The minimum Gasteiger partial charge on any atom is -0.465 e. The van der Waals surface area contributed by atoms with Crippen LogP contribution in [-0.2, 0) is 9.84 Å². The maximum Gasteiger partial charge on any atom is 0.407 e. The average Bonchev–Trinajstić information content (AvgIpc) is 2.83. The third-order valence-corrected chi connectivity index (χ3v) is 8.17. The van der Waals surface area contributed by atoms with Crippen LogP contribution in [0.15, 0.2) is 21.5 Å². The summed E-state index contributed by atoms with van der Waals surface area (Å²) in [5.74, 6) is 0.106. The van der Waals surface area contributed by atoms with E-state index in [-0.39, 0.29) is 29.2 Å². The highest BCUT2D eigenvalue weighted by Crippen LogP contribution is 2.54. The molecule has 1 N–H and O–H groups in total. The third-order valence-electron chi connectivity index (χ3n) is 5.98. The van der Waals surface area contributed by atoms with E-state index in [0.717, 1.165) is 22.1 Å². The summed E-state index contributed by atoms with van der Waals surface area (Å²) in [5, 5.41) is 9.42. The smallest absolute Gasteiger partial charge is 0.407 e. The number of piperidine rings is 1. The third kappa shape index (κ3) is 2.56. The van der Waals surface area contributed by atoms with E-state index in [1.165, 1.54) is 4.90 Å². The predicted molar refractivity (Wildman–Crippen MR) is 103 cm³/mol. The maximum absolute atomic E-state index is 13.0. The number of rotatable bonds is 0. The maximum atomic E-state index is 13.0. The van der Waals surface area contributed by atoms with Gasteiger partial charge in [-0.05, 0) is 29.5 Å². The molecule has 0 radical (unpaired) electrons. The lowest BCUT2D eigenvalue weighted by Gasteiger charge is -2.48. The fourth-order valence-corrected chi connectivity index (χ4v) is 7.45. The second-order valence-electron chi connectivity index (χ2n) is 8.60. The number of fused-ring (bicyclic) bond motifs is 3. The fraction of sp³-hybridized carbons (Fsp3) is 0.611. The normalized spacial score (nSPS) is 29.3. The van der Waals surface area contributed by atoms with Crippen molar-refractivity contribution in [1.82, 2.24) is 4.90 Å². The zero-order chi connectivity index (χ0) is 19.0. The molecule has 3 atom stereocenters. The van der Waals surface area contributed by atoms with Crippen LogP contribution in [-0.4, -0.2) is 55.4 Å². The molecule has 3 aliphatic rings. The van der Waals surface area contributed by atoms with Gasteiger partial charge in [0.1, 0.15) is 0 Å². The Balaban J connectivity index is 1.93. The molecule has 1 amide bonds. The molecule has 0 spiro atoms. The second kappa shape index (κ2) is 5.61. The van der Waals surface area contributed by atoms with Crippen LogP contribution >= 0.6 is 15.9 Å². The molecule has 0 aromatic heterocycles. The van der Waals surface area contributed by atoms with Crippen LogP contribution in [0.2, 0.25) is 0 Å². The minimum absolute atomic E-state index is 0.00394. The van der Waals surface area contributed by atoms with Crippen molar-refractivity contribution in [3.05, 3.63) is 22.2 Å². The molecule has 1 saturated heterocycles. The molecular weight excluding hydrogens is 420 g/mol. The molecule has 142 valence electrons. The van der Waals surface area contributed by atoms with Gasteiger partial charge in [0.25, 0.3) is 0 Å². The first-order valence-corrected chi connectivity index (χ1v) is 11.3. The predicted octanol–water partition coefficient (Wildman–Crippen LogP) is 3.31. The minimum atomic E-state index is -3.39. The highest BCUT2D eigenvalue weighted by atomic mass is 79.9. The van der Waals surface area contributed by atoms with Crippen molar-refractivity contribution in [1.29, 1.82) is 0 Å². The van der Waals surface area contributed by atoms with Crippen molar-refractivity contribution in [2.24, 2.45) is 5.41 Å². The van der Waals surface area contributed by atoms with Gasteiger partial charge in [0.15, 0.2) is 9.84 Å². The van der Waals surface area contributed by atoms with E-state index >= 15 is 0 Å². The number of halogens is 1. The zero-order valence-electron chi connectivity index (χ0n) is 15.1.